The van der Waals surface area contributed by atoms with E-state index >= 15 is 0 Å². The number of hydrogen-bond acceptors (Lipinski definition) is 2. The van der Waals surface area contributed by atoms with Crippen molar-refractivity contribution in [1.29, 1.82) is 0 Å². The van der Waals surface area contributed by atoms with E-state index in [1.165, 1.54) is 0 Å². The average molecular weight is 319 g/mol. The molecule has 0 aliphatic carbocycles. The van der Waals surface area contributed by atoms with Crippen LogP contribution >= 0.6 is 23.8 Å². The minimum atomic E-state index is 0.0984. The van der Waals surface area contributed by atoms with Crippen LogP contribution in [-0.4, -0.2) is 15.7 Å². The lowest BCUT2D eigenvalue weighted by molar-refractivity contribution is 0.245. The zero-order chi connectivity index (χ0) is 15.0. The van der Waals surface area contributed by atoms with E-state index in [1.54, 1.807) is 0 Å². The second-order valence-corrected chi connectivity index (χ2v) is 5.83. The SMILES string of the molecule is CC(C)Oc1cccc2c1[nH]c(=S)n2-c1ccccc1Cl. The zero-order valence-electron chi connectivity index (χ0n) is 11.8. The zero-order valence-corrected chi connectivity index (χ0v) is 13.3. The van der Waals surface area contributed by atoms with Crippen molar-refractivity contribution in [2.45, 2.75) is 20.0 Å². The maximum absolute atomic E-state index is 6.30. The van der Waals surface area contributed by atoms with Gasteiger partial charge in [0.25, 0.3) is 0 Å². The largest absolute Gasteiger partial charge is 0.489 e. The fraction of sp³-hybridized carbons (Fsp3) is 0.188. The van der Waals surface area contributed by atoms with Gasteiger partial charge in [-0.3, -0.25) is 4.57 Å². The highest BCUT2D eigenvalue weighted by atomic mass is 35.5. The number of aromatic nitrogens is 2. The minimum absolute atomic E-state index is 0.0984. The summed E-state index contributed by atoms with van der Waals surface area (Å²) in [7, 11) is 0. The number of imidazole rings is 1. The van der Waals surface area contributed by atoms with Gasteiger partial charge in [-0.15, -0.1) is 0 Å². The number of rotatable bonds is 3. The number of hydrogen-bond donors (Lipinski definition) is 1. The highest BCUT2D eigenvalue weighted by molar-refractivity contribution is 7.71. The van der Waals surface area contributed by atoms with Gasteiger partial charge in [-0.1, -0.05) is 29.8 Å². The van der Waals surface area contributed by atoms with E-state index in [-0.39, 0.29) is 6.10 Å². The number of aromatic amines is 1. The Balaban J connectivity index is 2.28. The van der Waals surface area contributed by atoms with Gasteiger partial charge in [0.1, 0.15) is 11.3 Å². The molecule has 0 atom stereocenters. The first kappa shape index (κ1) is 14.2. The summed E-state index contributed by atoms with van der Waals surface area (Å²) in [6.07, 6.45) is 0.0984. The van der Waals surface area contributed by atoms with Gasteiger partial charge in [0, 0.05) is 0 Å². The average Bonchev–Trinajstić information content (AvgIpc) is 2.76. The summed E-state index contributed by atoms with van der Waals surface area (Å²) in [4.78, 5) is 3.22. The third-order valence-electron chi connectivity index (χ3n) is 3.14. The summed E-state index contributed by atoms with van der Waals surface area (Å²) >= 11 is 11.8. The summed E-state index contributed by atoms with van der Waals surface area (Å²) in [5.74, 6) is 0.791. The van der Waals surface area contributed by atoms with Crippen molar-refractivity contribution in [3.63, 3.8) is 0 Å². The lowest BCUT2D eigenvalue weighted by Crippen LogP contribution is -2.05. The first-order valence-electron chi connectivity index (χ1n) is 6.73. The third-order valence-corrected chi connectivity index (χ3v) is 3.74. The van der Waals surface area contributed by atoms with Crippen LogP contribution in [0.3, 0.4) is 0 Å². The van der Waals surface area contributed by atoms with Crippen LogP contribution in [0.25, 0.3) is 16.7 Å². The standard InChI is InChI=1S/C16H15ClN2OS/c1-10(2)20-14-9-5-8-13-15(14)18-16(21)19(13)12-7-4-3-6-11(12)17/h3-10H,1-2H3,(H,18,21). The van der Waals surface area contributed by atoms with Crippen molar-refractivity contribution in [3.05, 3.63) is 52.3 Å². The molecule has 0 saturated heterocycles. The summed E-state index contributed by atoms with van der Waals surface area (Å²) in [5.41, 5.74) is 2.69. The maximum Gasteiger partial charge on any atom is 0.182 e. The Hall–Kier alpha value is -1.78. The van der Waals surface area contributed by atoms with Gasteiger partial charge in [0.15, 0.2) is 4.77 Å². The Morgan fingerprint density at radius 2 is 1.90 bits per heavy atom. The number of nitrogens with zero attached hydrogens (tertiary/aromatic N) is 1. The van der Waals surface area contributed by atoms with Crippen LogP contribution < -0.4 is 4.74 Å². The Morgan fingerprint density at radius 3 is 2.62 bits per heavy atom. The van der Waals surface area contributed by atoms with Crippen molar-refractivity contribution in [2.24, 2.45) is 0 Å². The van der Waals surface area contributed by atoms with E-state index in [0.29, 0.717) is 9.79 Å². The molecule has 3 aromatic rings. The van der Waals surface area contributed by atoms with Crippen molar-refractivity contribution < 1.29 is 4.74 Å². The molecule has 0 aliphatic heterocycles. The monoisotopic (exact) mass is 318 g/mol. The molecule has 2 aromatic carbocycles. The Bertz CT molecular complexity index is 851. The Labute approximate surface area is 133 Å². The molecule has 0 unspecified atom stereocenters. The fourth-order valence-corrected chi connectivity index (χ4v) is 2.85. The predicted molar refractivity (Wildman–Crippen MR) is 89.2 cm³/mol. The van der Waals surface area contributed by atoms with Crippen LogP contribution in [0.15, 0.2) is 42.5 Å². The number of H-pyrrole nitrogens is 1. The van der Waals surface area contributed by atoms with Gasteiger partial charge < -0.3 is 9.72 Å². The summed E-state index contributed by atoms with van der Waals surface area (Å²) in [6, 6.07) is 13.5. The molecule has 0 radical (unpaired) electrons. The molecule has 0 spiro atoms. The van der Waals surface area contributed by atoms with Gasteiger partial charge in [-0.2, -0.15) is 0 Å². The van der Waals surface area contributed by atoms with E-state index in [9.17, 15) is 0 Å². The number of ether oxygens (including phenoxy) is 1. The van der Waals surface area contributed by atoms with Crippen molar-refractivity contribution in [3.8, 4) is 11.4 Å². The second kappa shape index (κ2) is 5.54. The number of fused-ring (bicyclic) bond motifs is 1. The quantitative estimate of drug-likeness (QED) is 0.678. The van der Waals surface area contributed by atoms with E-state index in [0.717, 1.165) is 22.5 Å². The molecule has 1 heterocycles. The highest BCUT2D eigenvalue weighted by Gasteiger charge is 2.13. The van der Waals surface area contributed by atoms with Gasteiger partial charge in [-0.25, -0.2) is 0 Å². The summed E-state index contributed by atoms with van der Waals surface area (Å²) < 4.78 is 8.36. The van der Waals surface area contributed by atoms with Crippen LogP contribution in [0.4, 0.5) is 0 Å². The highest BCUT2D eigenvalue weighted by Crippen LogP contribution is 2.30. The normalized spacial score (nSPS) is 11.2. The molecule has 0 amide bonds. The van der Waals surface area contributed by atoms with Crippen molar-refractivity contribution in [1.82, 2.24) is 9.55 Å². The van der Waals surface area contributed by atoms with E-state index in [1.807, 2.05) is 60.9 Å². The third kappa shape index (κ3) is 2.57. The molecule has 0 aliphatic rings. The van der Waals surface area contributed by atoms with Crippen molar-refractivity contribution in [2.75, 3.05) is 0 Å². The van der Waals surface area contributed by atoms with E-state index in [4.69, 9.17) is 28.6 Å². The van der Waals surface area contributed by atoms with Crippen LogP contribution in [0.2, 0.25) is 5.02 Å². The number of nitrogens with one attached hydrogen (secondary N) is 1. The van der Waals surface area contributed by atoms with Crippen LogP contribution in [-0.2, 0) is 0 Å². The molecule has 3 nitrogen and oxygen atoms in total. The lowest BCUT2D eigenvalue weighted by atomic mass is 10.2. The van der Waals surface area contributed by atoms with Gasteiger partial charge in [0.2, 0.25) is 0 Å². The topological polar surface area (TPSA) is 29.9 Å². The number of benzene rings is 2. The van der Waals surface area contributed by atoms with Crippen LogP contribution in [0, 0.1) is 4.77 Å². The molecule has 1 N–H and O–H groups in total. The molecule has 21 heavy (non-hydrogen) atoms. The predicted octanol–water partition coefficient (Wildman–Crippen LogP) is 5.13. The molecular weight excluding hydrogens is 304 g/mol. The Morgan fingerprint density at radius 1 is 1.14 bits per heavy atom. The van der Waals surface area contributed by atoms with Crippen LogP contribution in [0.1, 0.15) is 13.8 Å². The number of halogens is 1. The van der Waals surface area contributed by atoms with Crippen LogP contribution in [0.5, 0.6) is 5.75 Å². The fourth-order valence-electron chi connectivity index (χ4n) is 2.33. The molecule has 0 bridgehead atoms. The molecule has 0 fully saturated rings. The second-order valence-electron chi connectivity index (χ2n) is 5.03. The summed E-state index contributed by atoms with van der Waals surface area (Å²) in [5, 5.41) is 0.657. The van der Waals surface area contributed by atoms with E-state index < -0.39 is 0 Å². The molecule has 0 saturated carbocycles. The van der Waals surface area contributed by atoms with Crippen molar-refractivity contribution >= 4 is 34.9 Å². The van der Waals surface area contributed by atoms with Gasteiger partial charge in [-0.05, 0) is 50.3 Å². The molecule has 3 rings (SSSR count). The first-order chi connectivity index (χ1) is 10.1. The van der Waals surface area contributed by atoms with Gasteiger partial charge >= 0.3 is 0 Å². The first-order valence-corrected chi connectivity index (χ1v) is 7.52. The molecule has 108 valence electrons. The molecule has 1 aromatic heterocycles. The Kier molecular flexibility index (Phi) is 3.74. The van der Waals surface area contributed by atoms with E-state index in [2.05, 4.69) is 4.98 Å². The van der Waals surface area contributed by atoms with Gasteiger partial charge in [0.05, 0.1) is 22.3 Å². The molecule has 5 heteroatoms. The minimum Gasteiger partial charge on any atom is -0.489 e. The smallest absolute Gasteiger partial charge is 0.182 e. The summed E-state index contributed by atoms with van der Waals surface area (Å²) in [6.45, 7) is 4.00. The maximum atomic E-state index is 6.30. The number of para-hydroxylation sites is 2. The lowest BCUT2D eigenvalue weighted by Gasteiger charge is -2.11. The molecular formula is C16H15ClN2OS.